The Hall–Kier alpha value is -2.90. The maximum Gasteiger partial charge on any atom is 0.272 e. The first-order chi connectivity index (χ1) is 13.0. The summed E-state index contributed by atoms with van der Waals surface area (Å²) in [6.45, 7) is 5.32. The van der Waals surface area contributed by atoms with Crippen LogP contribution in [0.5, 0.6) is 0 Å². The highest BCUT2D eigenvalue weighted by molar-refractivity contribution is 5.76. The molecule has 8 heteroatoms. The summed E-state index contributed by atoms with van der Waals surface area (Å²) in [6.07, 6.45) is 7.60. The van der Waals surface area contributed by atoms with Crippen molar-refractivity contribution in [1.29, 1.82) is 0 Å². The molecular formula is C19H24N6O2. The number of nitrogens with zero attached hydrogens (tertiary/aromatic N) is 5. The Labute approximate surface area is 156 Å². The van der Waals surface area contributed by atoms with Crippen molar-refractivity contribution in [2.45, 2.75) is 45.1 Å². The van der Waals surface area contributed by atoms with Crippen molar-refractivity contribution in [2.24, 2.45) is 0 Å². The Morgan fingerprint density at radius 2 is 2.11 bits per heavy atom. The first-order valence-corrected chi connectivity index (χ1v) is 9.36. The van der Waals surface area contributed by atoms with Crippen LogP contribution >= 0.6 is 0 Å². The van der Waals surface area contributed by atoms with Gasteiger partial charge in [0.15, 0.2) is 5.65 Å². The molecule has 0 saturated carbocycles. The van der Waals surface area contributed by atoms with Gasteiger partial charge in [-0.2, -0.15) is 0 Å². The van der Waals surface area contributed by atoms with Crippen LogP contribution in [0.1, 0.15) is 49.5 Å². The van der Waals surface area contributed by atoms with Crippen molar-refractivity contribution in [3.63, 3.8) is 0 Å². The van der Waals surface area contributed by atoms with Crippen LogP contribution in [0, 0.1) is 6.92 Å². The third-order valence-electron chi connectivity index (χ3n) is 5.39. The van der Waals surface area contributed by atoms with Gasteiger partial charge in [0, 0.05) is 67.4 Å². The maximum atomic E-state index is 12.6. The smallest absolute Gasteiger partial charge is 0.272 e. The third-order valence-corrected chi connectivity index (χ3v) is 5.39. The van der Waals surface area contributed by atoms with E-state index in [4.69, 9.17) is 0 Å². The van der Waals surface area contributed by atoms with E-state index in [-0.39, 0.29) is 17.5 Å². The van der Waals surface area contributed by atoms with Crippen LogP contribution in [0.3, 0.4) is 0 Å². The molecule has 1 fully saturated rings. The highest BCUT2D eigenvalue weighted by Crippen LogP contribution is 2.28. The van der Waals surface area contributed by atoms with Crippen LogP contribution < -0.4 is 5.56 Å². The van der Waals surface area contributed by atoms with Gasteiger partial charge < -0.3 is 9.47 Å². The maximum absolute atomic E-state index is 12.6. The minimum absolute atomic E-state index is 0.0927. The number of aryl methyl sites for hydroxylation is 1. The zero-order valence-electron chi connectivity index (χ0n) is 15.6. The fourth-order valence-electron chi connectivity index (χ4n) is 3.80. The average molecular weight is 368 g/mol. The number of amides is 1. The highest BCUT2D eigenvalue weighted by Gasteiger charge is 2.26. The van der Waals surface area contributed by atoms with Gasteiger partial charge in [0.2, 0.25) is 5.91 Å². The Morgan fingerprint density at radius 3 is 2.81 bits per heavy atom. The number of fused-ring (bicyclic) bond motifs is 1. The number of aromatic nitrogens is 5. The number of aromatic amines is 1. The van der Waals surface area contributed by atoms with E-state index in [2.05, 4.69) is 15.1 Å². The number of imidazole rings is 1. The average Bonchev–Trinajstić information content (AvgIpc) is 3.31. The Kier molecular flexibility index (Phi) is 4.55. The molecule has 4 rings (SSSR count). The van der Waals surface area contributed by atoms with Crippen molar-refractivity contribution < 1.29 is 4.79 Å². The van der Waals surface area contributed by atoms with Crippen molar-refractivity contribution in [2.75, 3.05) is 13.1 Å². The molecule has 1 saturated heterocycles. The molecule has 1 aliphatic heterocycles. The summed E-state index contributed by atoms with van der Waals surface area (Å²) in [5, 5.41) is 3.18. The van der Waals surface area contributed by atoms with Crippen LogP contribution in [-0.2, 0) is 4.79 Å². The molecule has 1 amide bonds. The Morgan fingerprint density at radius 1 is 1.33 bits per heavy atom. The lowest BCUT2D eigenvalue weighted by molar-refractivity contribution is -0.133. The van der Waals surface area contributed by atoms with E-state index in [9.17, 15) is 9.59 Å². The van der Waals surface area contributed by atoms with E-state index in [0.717, 1.165) is 37.3 Å². The molecule has 1 atom stereocenters. The van der Waals surface area contributed by atoms with Gasteiger partial charge >= 0.3 is 0 Å². The van der Waals surface area contributed by atoms with Crippen LogP contribution in [0.2, 0.25) is 0 Å². The van der Waals surface area contributed by atoms with Gasteiger partial charge in [-0.3, -0.25) is 14.7 Å². The molecule has 0 spiro atoms. The first-order valence-electron chi connectivity index (χ1n) is 9.36. The van der Waals surface area contributed by atoms with Crippen molar-refractivity contribution in [3.05, 3.63) is 52.6 Å². The van der Waals surface area contributed by atoms with Gasteiger partial charge in [-0.05, 0) is 26.7 Å². The Bertz CT molecular complexity index is 995. The van der Waals surface area contributed by atoms with E-state index in [1.807, 2.05) is 35.6 Å². The number of carbonyl (C=O) groups is 1. The van der Waals surface area contributed by atoms with Crippen molar-refractivity contribution >= 4 is 11.6 Å². The fourth-order valence-corrected chi connectivity index (χ4v) is 3.80. The molecule has 0 aromatic carbocycles. The number of H-pyrrole nitrogens is 1. The summed E-state index contributed by atoms with van der Waals surface area (Å²) >= 11 is 0. The lowest BCUT2D eigenvalue weighted by atomic mass is 9.93. The minimum Gasteiger partial charge on any atom is -0.343 e. The standard InChI is InChI=1S/C19H24N6O2/c1-13-9-19(27)25-17(21-13)11-16(22-25)15-3-6-23(7-4-15)18(26)10-14(2)24-8-5-20-12-24/h5,8-9,11-12,14-15,22H,3-4,6-7,10H2,1-2H3. The van der Waals surface area contributed by atoms with Crippen molar-refractivity contribution in [1.82, 2.24) is 29.0 Å². The molecule has 8 nitrogen and oxygen atoms in total. The summed E-state index contributed by atoms with van der Waals surface area (Å²) in [7, 11) is 0. The number of likely N-dealkylation sites (tertiary alicyclic amines) is 1. The summed E-state index contributed by atoms with van der Waals surface area (Å²) in [6, 6.07) is 3.58. The predicted molar refractivity (Wildman–Crippen MR) is 101 cm³/mol. The monoisotopic (exact) mass is 368 g/mol. The molecule has 0 bridgehead atoms. The van der Waals surface area contributed by atoms with Gasteiger partial charge in [-0.25, -0.2) is 14.5 Å². The number of piperidine rings is 1. The van der Waals surface area contributed by atoms with Gasteiger partial charge in [0.25, 0.3) is 5.56 Å². The number of hydrogen-bond donors (Lipinski definition) is 1. The van der Waals surface area contributed by atoms with E-state index < -0.39 is 0 Å². The molecule has 0 radical (unpaired) electrons. The topological polar surface area (TPSA) is 88.3 Å². The summed E-state index contributed by atoms with van der Waals surface area (Å²) in [4.78, 5) is 35.1. The molecular weight excluding hydrogens is 344 g/mol. The lowest BCUT2D eigenvalue weighted by Gasteiger charge is -2.32. The fraction of sp³-hybridized carbons (Fsp3) is 0.474. The minimum atomic E-state index is -0.0927. The SMILES string of the molecule is Cc1cc(=O)n2[nH]c(C3CCN(C(=O)CC(C)n4ccnc4)CC3)cc2n1. The second kappa shape index (κ2) is 7.02. The zero-order valence-corrected chi connectivity index (χ0v) is 15.6. The number of nitrogens with one attached hydrogen (secondary N) is 1. The lowest BCUT2D eigenvalue weighted by Crippen LogP contribution is -2.38. The van der Waals surface area contributed by atoms with Crippen LogP contribution in [0.25, 0.3) is 5.65 Å². The third kappa shape index (κ3) is 3.51. The molecule has 27 heavy (non-hydrogen) atoms. The van der Waals surface area contributed by atoms with E-state index >= 15 is 0 Å². The largest absolute Gasteiger partial charge is 0.343 e. The van der Waals surface area contributed by atoms with Crippen LogP contribution in [0.15, 0.2) is 35.6 Å². The van der Waals surface area contributed by atoms with Gasteiger partial charge in [-0.1, -0.05) is 0 Å². The number of rotatable bonds is 4. The second-order valence-electron chi connectivity index (χ2n) is 7.36. The highest BCUT2D eigenvalue weighted by atomic mass is 16.2. The second-order valence-corrected chi connectivity index (χ2v) is 7.36. The summed E-state index contributed by atoms with van der Waals surface area (Å²) < 4.78 is 3.45. The van der Waals surface area contributed by atoms with Gasteiger partial charge in [-0.15, -0.1) is 0 Å². The molecule has 1 unspecified atom stereocenters. The van der Waals surface area contributed by atoms with E-state index in [1.165, 1.54) is 10.6 Å². The van der Waals surface area contributed by atoms with E-state index in [1.54, 1.807) is 12.5 Å². The molecule has 4 heterocycles. The van der Waals surface area contributed by atoms with Gasteiger partial charge in [0.1, 0.15) is 0 Å². The molecule has 3 aromatic rings. The normalized spacial score (nSPS) is 16.7. The van der Waals surface area contributed by atoms with Gasteiger partial charge in [0.05, 0.1) is 6.33 Å². The summed E-state index contributed by atoms with van der Waals surface area (Å²) in [5.74, 6) is 0.487. The Balaban J connectivity index is 1.39. The quantitative estimate of drug-likeness (QED) is 0.762. The first kappa shape index (κ1) is 17.5. The van der Waals surface area contributed by atoms with E-state index in [0.29, 0.717) is 18.0 Å². The molecule has 1 aliphatic rings. The molecule has 142 valence electrons. The molecule has 3 aromatic heterocycles. The summed E-state index contributed by atoms with van der Waals surface area (Å²) in [5.41, 5.74) is 2.30. The number of carbonyl (C=O) groups excluding carboxylic acids is 1. The molecule has 1 N–H and O–H groups in total. The molecule has 0 aliphatic carbocycles. The van der Waals surface area contributed by atoms with Crippen molar-refractivity contribution in [3.8, 4) is 0 Å². The predicted octanol–water partition coefficient (Wildman–Crippen LogP) is 1.88. The van der Waals surface area contributed by atoms with Crippen LogP contribution in [0.4, 0.5) is 0 Å². The zero-order chi connectivity index (χ0) is 19.0. The number of hydrogen-bond acceptors (Lipinski definition) is 4. The van der Waals surface area contributed by atoms with Crippen LogP contribution in [-0.4, -0.2) is 48.0 Å².